The van der Waals surface area contributed by atoms with Crippen LogP contribution in [0.15, 0.2) is 24.3 Å². The number of amides is 1. The molecule has 0 aliphatic carbocycles. The van der Waals surface area contributed by atoms with Crippen molar-refractivity contribution in [2.75, 3.05) is 18.6 Å². The molecule has 1 aromatic rings. The highest BCUT2D eigenvalue weighted by atomic mass is 32.1. The van der Waals surface area contributed by atoms with Crippen LogP contribution >= 0.6 is 12.2 Å². The zero-order chi connectivity index (χ0) is 10.8. The molecular weight excluding hydrogens is 212 g/mol. The lowest BCUT2D eigenvalue weighted by molar-refractivity contribution is -0.115. The van der Waals surface area contributed by atoms with Gasteiger partial charge in [-0.3, -0.25) is 9.69 Å². The molecule has 1 aromatic carbocycles. The molecule has 1 aliphatic rings. The molecule has 78 valence electrons. The van der Waals surface area contributed by atoms with Crippen molar-refractivity contribution >= 4 is 28.9 Å². The number of carbonyl (C=O) groups excluding carboxylic acids is 1. The number of anilines is 1. The number of nitrogens with zero attached hydrogens (tertiary/aromatic N) is 1. The van der Waals surface area contributed by atoms with Gasteiger partial charge in [-0.1, -0.05) is 6.07 Å². The predicted octanol–water partition coefficient (Wildman–Crippen LogP) is 0.916. The lowest BCUT2D eigenvalue weighted by Crippen LogP contribution is -2.30. The highest BCUT2D eigenvalue weighted by Gasteiger charge is 2.26. The maximum absolute atomic E-state index is 11.5. The monoisotopic (exact) mass is 222 g/mol. The molecular formula is C10H10N2O2S. The number of hydrogen-bond donors (Lipinski definition) is 1. The minimum atomic E-state index is -0.0479. The van der Waals surface area contributed by atoms with Crippen molar-refractivity contribution < 1.29 is 9.53 Å². The maximum atomic E-state index is 11.5. The Morgan fingerprint density at radius 2 is 2.33 bits per heavy atom. The summed E-state index contributed by atoms with van der Waals surface area (Å²) in [6.07, 6.45) is 0. The largest absolute Gasteiger partial charge is 0.497 e. The zero-order valence-electron chi connectivity index (χ0n) is 8.19. The van der Waals surface area contributed by atoms with E-state index in [0.717, 1.165) is 5.69 Å². The van der Waals surface area contributed by atoms with Gasteiger partial charge in [-0.25, -0.2) is 0 Å². The van der Waals surface area contributed by atoms with Gasteiger partial charge in [0.2, 0.25) is 0 Å². The molecule has 1 heterocycles. The molecule has 0 unspecified atom stereocenters. The summed E-state index contributed by atoms with van der Waals surface area (Å²) in [6.45, 7) is 0.260. The van der Waals surface area contributed by atoms with E-state index in [2.05, 4.69) is 5.32 Å². The normalized spacial score (nSPS) is 15.4. The van der Waals surface area contributed by atoms with Gasteiger partial charge in [0.1, 0.15) is 5.75 Å². The first kappa shape index (κ1) is 9.92. The van der Waals surface area contributed by atoms with E-state index < -0.39 is 0 Å². The van der Waals surface area contributed by atoms with Crippen LogP contribution in [0.4, 0.5) is 5.69 Å². The van der Waals surface area contributed by atoms with E-state index in [-0.39, 0.29) is 12.5 Å². The minimum Gasteiger partial charge on any atom is -0.497 e. The molecule has 0 atom stereocenters. The van der Waals surface area contributed by atoms with Crippen molar-refractivity contribution in [3.63, 3.8) is 0 Å². The van der Waals surface area contributed by atoms with Crippen LogP contribution in [-0.4, -0.2) is 24.7 Å². The first-order valence-corrected chi connectivity index (χ1v) is 4.88. The van der Waals surface area contributed by atoms with E-state index in [1.807, 2.05) is 18.2 Å². The molecule has 4 nitrogen and oxygen atoms in total. The van der Waals surface area contributed by atoms with Crippen LogP contribution in [0.5, 0.6) is 5.75 Å². The summed E-state index contributed by atoms with van der Waals surface area (Å²) >= 11 is 5.03. The highest BCUT2D eigenvalue weighted by Crippen LogP contribution is 2.22. The summed E-state index contributed by atoms with van der Waals surface area (Å²) in [5, 5.41) is 3.26. The lowest BCUT2D eigenvalue weighted by atomic mass is 10.3. The van der Waals surface area contributed by atoms with Crippen LogP contribution in [0.25, 0.3) is 0 Å². The van der Waals surface area contributed by atoms with E-state index in [1.54, 1.807) is 13.2 Å². The van der Waals surface area contributed by atoms with Crippen molar-refractivity contribution in [1.29, 1.82) is 0 Å². The summed E-state index contributed by atoms with van der Waals surface area (Å²) < 4.78 is 5.08. The number of nitrogens with one attached hydrogen (secondary N) is 1. The van der Waals surface area contributed by atoms with Gasteiger partial charge >= 0.3 is 0 Å². The second-order valence-electron chi connectivity index (χ2n) is 3.09. The minimum absolute atomic E-state index is 0.0479. The Kier molecular flexibility index (Phi) is 2.55. The molecule has 1 saturated heterocycles. The van der Waals surface area contributed by atoms with E-state index >= 15 is 0 Å². The second kappa shape index (κ2) is 3.86. The fourth-order valence-electron chi connectivity index (χ4n) is 1.43. The number of benzene rings is 1. The molecule has 0 spiro atoms. The van der Waals surface area contributed by atoms with Gasteiger partial charge in [0, 0.05) is 6.07 Å². The molecule has 0 bridgehead atoms. The van der Waals surface area contributed by atoms with E-state index in [1.165, 1.54) is 4.90 Å². The van der Waals surface area contributed by atoms with Crippen molar-refractivity contribution in [3.8, 4) is 5.75 Å². The third-order valence-electron chi connectivity index (χ3n) is 2.15. The van der Waals surface area contributed by atoms with E-state index in [0.29, 0.717) is 10.9 Å². The summed E-state index contributed by atoms with van der Waals surface area (Å²) in [5.41, 5.74) is 0.731. The standard InChI is InChI=1S/C10H10N2O2S/c1-14-8-4-2-3-7(5-8)12-9(13)6-11-10(12)15/h2-5H,6H2,1H3,(H,11,15). The van der Waals surface area contributed by atoms with Crippen molar-refractivity contribution in [3.05, 3.63) is 24.3 Å². The Morgan fingerprint density at radius 3 is 2.93 bits per heavy atom. The van der Waals surface area contributed by atoms with Gasteiger partial charge in [-0.05, 0) is 24.4 Å². The van der Waals surface area contributed by atoms with Crippen LogP contribution < -0.4 is 15.0 Å². The van der Waals surface area contributed by atoms with Crippen molar-refractivity contribution in [1.82, 2.24) is 5.32 Å². The van der Waals surface area contributed by atoms with Crippen LogP contribution in [0.1, 0.15) is 0 Å². The van der Waals surface area contributed by atoms with Crippen molar-refractivity contribution in [2.24, 2.45) is 0 Å². The molecule has 1 fully saturated rings. The SMILES string of the molecule is COc1cccc(N2C(=O)CNC2=S)c1. The summed E-state index contributed by atoms with van der Waals surface area (Å²) in [6, 6.07) is 7.24. The van der Waals surface area contributed by atoms with Gasteiger partial charge in [0.05, 0.1) is 19.3 Å². The van der Waals surface area contributed by atoms with Gasteiger partial charge in [-0.15, -0.1) is 0 Å². The zero-order valence-corrected chi connectivity index (χ0v) is 9.00. The van der Waals surface area contributed by atoms with Crippen LogP contribution in [0.2, 0.25) is 0 Å². The summed E-state index contributed by atoms with van der Waals surface area (Å²) in [5.74, 6) is 0.656. The maximum Gasteiger partial charge on any atom is 0.252 e. The van der Waals surface area contributed by atoms with E-state index in [9.17, 15) is 4.79 Å². The lowest BCUT2D eigenvalue weighted by Gasteiger charge is -2.15. The molecule has 1 amide bonds. The number of hydrogen-bond acceptors (Lipinski definition) is 3. The number of carbonyl (C=O) groups is 1. The second-order valence-corrected chi connectivity index (χ2v) is 3.48. The van der Waals surface area contributed by atoms with Gasteiger partial charge in [0.25, 0.3) is 5.91 Å². The number of thiocarbonyl (C=S) groups is 1. The Labute approximate surface area is 92.8 Å². The van der Waals surface area contributed by atoms with Crippen LogP contribution in [0.3, 0.4) is 0 Å². The number of ether oxygens (including phenoxy) is 1. The first-order valence-electron chi connectivity index (χ1n) is 4.47. The summed E-state index contributed by atoms with van der Waals surface area (Å²) in [7, 11) is 1.58. The highest BCUT2D eigenvalue weighted by molar-refractivity contribution is 7.80. The number of rotatable bonds is 2. The average Bonchev–Trinajstić information content (AvgIpc) is 2.59. The molecule has 5 heteroatoms. The molecule has 0 radical (unpaired) electrons. The van der Waals surface area contributed by atoms with E-state index in [4.69, 9.17) is 17.0 Å². The Morgan fingerprint density at radius 1 is 1.53 bits per heavy atom. The molecule has 0 saturated carbocycles. The topological polar surface area (TPSA) is 41.6 Å². The molecule has 1 N–H and O–H groups in total. The average molecular weight is 222 g/mol. The summed E-state index contributed by atoms with van der Waals surface area (Å²) in [4.78, 5) is 13.0. The van der Waals surface area contributed by atoms with Gasteiger partial charge < -0.3 is 10.1 Å². The smallest absolute Gasteiger partial charge is 0.252 e. The third kappa shape index (κ3) is 1.78. The van der Waals surface area contributed by atoms with Gasteiger partial charge in [0.15, 0.2) is 5.11 Å². The Balaban J connectivity index is 2.36. The van der Waals surface area contributed by atoms with Crippen LogP contribution in [0, 0.1) is 0 Å². The molecule has 1 aliphatic heterocycles. The van der Waals surface area contributed by atoms with Gasteiger partial charge in [-0.2, -0.15) is 0 Å². The quantitative estimate of drug-likeness (QED) is 0.755. The van der Waals surface area contributed by atoms with Crippen LogP contribution in [-0.2, 0) is 4.79 Å². The molecule has 2 rings (SSSR count). The number of methoxy groups -OCH3 is 1. The molecule has 15 heavy (non-hydrogen) atoms. The molecule has 0 aromatic heterocycles. The Bertz CT molecular complexity index is 404. The first-order chi connectivity index (χ1) is 7.22. The van der Waals surface area contributed by atoms with Crippen molar-refractivity contribution in [2.45, 2.75) is 0 Å². The third-order valence-corrected chi connectivity index (χ3v) is 2.48. The Hall–Kier alpha value is -1.62. The fourth-order valence-corrected chi connectivity index (χ4v) is 1.71. The predicted molar refractivity (Wildman–Crippen MR) is 61.1 cm³/mol. The fraction of sp³-hybridized carbons (Fsp3) is 0.200.